The zero-order valence-electron chi connectivity index (χ0n) is 17.5. The minimum absolute atomic E-state index is 0.177. The third-order valence-corrected chi connectivity index (χ3v) is 5.62. The van der Waals surface area contributed by atoms with Gasteiger partial charge in [0.1, 0.15) is 18.2 Å². The predicted molar refractivity (Wildman–Crippen MR) is 125 cm³/mol. The van der Waals surface area contributed by atoms with E-state index in [4.69, 9.17) is 4.52 Å². The highest BCUT2D eigenvalue weighted by Crippen LogP contribution is 2.25. The molecule has 3 heterocycles. The smallest absolute Gasteiger partial charge is 0.246 e. The number of imidazole rings is 1. The summed E-state index contributed by atoms with van der Waals surface area (Å²) in [6.45, 7) is 2.24. The van der Waals surface area contributed by atoms with Crippen molar-refractivity contribution in [2.75, 3.05) is 5.43 Å². The van der Waals surface area contributed by atoms with E-state index in [1.165, 1.54) is 17.4 Å². The number of thiazole rings is 1. The maximum Gasteiger partial charge on any atom is 0.246 e. The molecule has 0 saturated carbocycles. The molecule has 0 unspecified atom stereocenters. The molecule has 0 atom stereocenters. The van der Waals surface area contributed by atoms with E-state index >= 15 is 0 Å². The fourth-order valence-electron chi connectivity index (χ4n) is 3.17. The van der Waals surface area contributed by atoms with Gasteiger partial charge >= 0.3 is 0 Å². The number of hydrogen-bond donors (Lipinski definition) is 1. The number of anilines is 1. The number of halogens is 1. The Morgan fingerprint density at radius 2 is 2.06 bits per heavy atom. The molecule has 0 amide bonds. The fraction of sp³-hybridized carbons (Fsp3) is 0.0870. The third kappa shape index (κ3) is 4.70. The minimum Gasteiger partial charge on any atom is -0.337 e. The highest BCUT2D eigenvalue weighted by Gasteiger charge is 2.14. The van der Waals surface area contributed by atoms with Crippen LogP contribution in [0.25, 0.3) is 22.6 Å². The summed E-state index contributed by atoms with van der Waals surface area (Å²) in [5, 5.41) is 10.8. The van der Waals surface area contributed by atoms with Gasteiger partial charge in [-0.1, -0.05) is 41.6 Å². The van der Waals surface area contributed by atoms with Crippen LogP contribution in [0.1, 0.15) is 17.3 Å². The first-order valence-electron chi connectivity index (χ1n) is 10.1. The van der Waals surface area contributed by atoms with Gasteiger partial charge < -0.3 is 9.09 Å². The minimum atomic E-state index is -0.446. The second kappa shape index (κ2) is 9.13. The van der Waals surface area contributed by atoms with E-state index in [0.717, 1.165) is 17.1 Å². The zero-order valence-corrected chi connectivity index (χ0v) is 18.3. The van der Waals surface area contributed by atoms with Crippen molar-refractivity contribution in [3.63, 3.8) is 0 Å². The number of benzene rings is 2. The van der Waals surface area contributed by atoms with Gasteiger partial charge in [-0.05, 0) is 24.6 Å². The molecule has 0 aliphatic heterocycles. The molecule has 33 heavy (non-hydrogen) atoms. The average molecular weight is 460 g/mol. The Bertz CT molecular complexity index is 1410. The van der Waals surface area contributed by atoms with Crippen LogP contribution in [0.5, 0.6) is 0 Å². The number of hydrogen-bond acceptors (Lipinski definition) is 8. The van der Waals surface area contributed by atoms with Crippen LogP contribution in [0.15, 0.2) is 75.9 Å². The van der Waals surface area contributed by atoms with Crippen LogP contribution in [0.2, 0.25) is 0 Å². The van der Waals surface area contributed by atoms with Crippen molar-refractivity contribution in [2.24, 2.45) is 5.10 Å². The highest BCUT2D eigenvalue weighted by molar-refractivity contribution is 7.14. The lowest BCUT2D eigenvalue weighted by Gasteiger charge is -2.00. The van der Waals surface area contributed by atoms with Gasteiger partial charge in [-0.2, -0.15) is 10.1 Å². The Kier molecular flexibility index (Phi) is 5.73. The molecule has 0 saturated heterocycles. The van der Waals surface area contributed by atoms with Crippen LogP contribution < -0.4 is 5.43 Å². The maximum absolute atomic E-state index is 14.5. The van der Waals surface area contributed by atoms with E-state index < -0.39 is 5.82 Å². The molecule has 10 heteroatoms. The topological polar surface area (TPSA) is 94.0 Å². The van der Waals surface area contributed by atoms with Gasteiger partial charge in [0.2, 0.25) is 16.8 Å². The summed E-state index contributed by atoms with van der Waals surface area (Å²) in [5.74, 6) is 0.918. The molecule has 0 spiro atoms. The number of nitrogens with zero attached hydrogens (tertiary/aromatic N) is 6. The molecule has 5 rings (SSSR count). The highest BCUT2D eigenvalue weighted by atomic mass is 32.1. The zero-order chi connectivity index (χ0) is 22.6. The van der Waals surface area contributed by atoms with E-state index in [2.05, 4.69) is 30.6 Å². The SMILES string of the molecule is Cc1nccn1Cc1nc(-c2cc(C=NNc3nc(-c4ccccc4)cs3)ccc2F)no1. The molecule has 1 N–H and O–H groups in total. The second-order valence-electron chi connectivity index (χ2n) is 7.13. The van der Waals surface area contributed by atoms with E-state index in [9.17, 15) is 4.39 Å². The average Bonchev–Trinajstić information content (AvgIpc) is 3.58. The van der Waals surface area contributed by atoms with Crippen LogP contribution in [0.4, 0.5) is 9.52 Å². The molecular weight excluding hydrogens is 441 g/mol. The molecule has 164 valence electrons. The fourth-order valence-corrected chi connectivity index (χ4v) is 3.84. The predicted octanol–water partition coefficient (Wildman–Crippen LogP) is 5.00. The molecule has 3 aromatic heterocycles. The lowest BCUT2D eigenvalue weighted by molar-refractivity contribution is 0.370. The van der Waals surface area contributed by atoms with Crippen molar-refractivity contribution in [3.05, 3.63) is 89.4 Å². The van der Waals surface area contributed by atoms with Crippen LogP contribution in [-0.4, -0.2) is 30.9 Å². The van der Waals surface area contributed by atoms with E-state index in [0.29, 0.717) is 23.1 Å². The van der Waals surface area contributed by atoms with Crippen molar-refractivity contribution < 1.29 is 8.91 Å². The van der Waals surface area contributed by atoms with Gasteiger partial charge in [-0.3, -0.25) is 5.43 Å². The summed E-state index contributed by atoms with van der Waals surface area (Å²) < 4.78 is 21.6. The summed E-state index contributed by atoms with van der Waals surface area (Å²) in [5.41, 5.74) is 5.74. The van der Waals surface area contributed by atoms with Gasteiger partial charge in [0.15, 0.2) is 0 Å². The number of nitrogens with one attached hydrogen (secondary N) is 1. The molecule has 5 aromatic rings. The summed E-state index contributed by atoms with van der Waals surface area (Å²) in [7, 11) is 0. The molecule has 0 fully saturated rings. The number of aryl methyl sites for hydroxylation is 1. The van der Waals surface area contributed by atoms with E-state index in [1.54, 1.807) is 24.5 Å². The van der Waals surface area contributed by atoms with Crippen LogP contribution >= 0.6 is 11.3 Å². The monoisotopic (exact) mass is 459 g/mol. The van der Waals surface area contributed by atoms with Crippen molar-refractivity contribution in [1.82, 2.24) is 24.7 Å². The van der Waals surface area contributed by atoms with Gasteiger partial charge in [0, 0.05) is 23.3 Å². The Morgan fingerprint density at radius 3 is 2.88 bits per heavy atom. The van der Waals surface area contributed by atoms with Crippen molar-refractivity contribution in [2.45, 2.75) is 13.5 Å². The summed E-state index contributed by atoms with van der Waals surface area (Å²) in [6, 6.07) is 14.5. The molecule has 8 nitrogen and oxygen atoms in total. The van der Waals surface area contributed by atoms with E-state index in [-0.39, 0.29) is 11.4 Å². The lowest BCUT2D eigenvalue weighted by Crippen LogP contribution is -2.01. The standard InChI is InChI=1S/C23H18FN7OS/c1-15-25-9-10-31(15)13-21-28-22(30-32-21)18-11-16(7-8-19(18)24)12-26-29-23-27-20(14-33-23)17-5-3-2-4-6-17/h2-12,14H,13H2,1H3,(H,27,29). The number of aromatic nitrogens is 5. The van der Waals surface area contributed by atoms with Gasteiger partial charge in [0.05, 0.1) is 17.5 Å². The van der Waals surface area contributed by atoms with Crippen LogP contribution in [-0.2, 0) is 6.54 Å². The van der Waals surface area contributed by atoms with E-state index in [1.807, 2.05) is 53.4 Å². The molecule has 0 aliphatic carbocycles. The second-order valence-corrected chi connectivity index (χ2v) is 7.99. The van der Waals surface area contributed by atoms with Gasteiger partial charge in [-0.25, -0.2) is 14.4 Å². The number of hydrazone groups is 1. The largest absolute Gasteiger partial charge is 0.337 e. The first-order chi connectivity index (χ1) is 16.2. The summed E-state index contributed by atoms with van der Waals surface area (Å²) in [4.78, 5) is 13.0. The molecule has 0 aliphatic rings. The maximum atomic E-state index is 14.5. The van der Waals surface area contributed by atoms with Crippen LogP contribution in [0.3, 0.4) is 0 Å². The molecule has 0 bridgehead atoms. The summed E-state index contributed by atoms with van der Waals surface area (Å²) >= 11 is 1.45. The first kappa shape index (κ1) is 20.7. The Hall–Kier alpha value is -4.18. The molecule has 2 aromatic carbocycles. The number of rotatable bonds is 7. The normalized spacial score (nSPS) is 11.3. The molecular formula is C23H18FN7OS. The van der Waals surface area contributed by atoms with Gasteiger partial charge in [-0.15, -0.1) is 11.3 Å². The summed E-state index contributed by atoms with van der Waals surface area (Å²) in [6.07, 6.45) is 5.09. The van der Waals surface area contributed by atoms with Crippen molar-refractivity contribution >= 4 is 22.7 Å². The van der Waals surface area contributed by atoms with Crippen molar-refractivity contribution in [3.8, 4) is 22.6 Å². The Morgan fingerprint density at radius 1 is 1.18 bits per heavy atom. The quantitative estimate of drug-likeness (QED) is 0.272. The first-order valence-corrected chi connectivity index (χ1v) is 10.9. The van der Waals surface area contributed by atoms with Gasteiger partial charge in [0.25, 0.3) is 0 Å². The Balaban J connectivity index is 1.29. The molecule has 0 radical (unpaired) electrons. The Labute approximate surface area is 192 Å². The lowest BCUT2D eigenvalue weighted by atomic mass is 10.1. The van der Waals surface area contributed by atoms with Crippen LogP contribution in [0, 0.1) is 12.7 Å². The van der Waals surface area contributed by atoms with Crippen molar-refractivity contribution in [1.29, 1.82) is 0 Å². The third-order valence-electron chi connectivity index (χ3n) is 4.88.